The van der Waals surface area contributed by atoms with Crippen LogP contribution in [0.25, 0.3) is 10.9 Å². The van der Waals surface area contributed by atoms with Crippen LogP contribution in [0.1, 0.15) is 54.7 Å². The van der Waals surface area contributed by atoms with Crippen LogP contribution in [-0.4, -0.2) is 39.5 Å². The number of pyridine rings is 1. The second-order valence-corrected chi connectivity index (χ2v) is 8.26. The van der Waals surface area contributed by atoms with Crippen LogP contribution in [0, 0.1) is 19.7 Å². The van der Waals surface area contributed by atoms with Crippen LogP contribution in [0.15, 0.2) is 24.3 Å². The fraction of sp³-hybridized carbons (Fsp3) is 0.435. The molecule has 0 amide bonds. The molecule has 32 heavy (non-hydrogen) atoms. The average Bonchev–Trinajstić information content (AvgIpc) is 2.76. The molecule has 3 heterocycles. The molecular weight excluding hydrogens is 419 g/mol. The van der Waals surface area contributed by atoms with Gasteiger partial charge in [-0.25, -0.2) is 18.2 Å². The van der Waals surface area contributed by atoms with Gasteiger partial charge in [0.2, 0.25) is 0 Å². The molecule has 9 heteroatoms. The van der Waals surface area contributed by atoms with E-state index in [1.165, 1.54) is 12.1 Å². The number of aryl methyl sites for hydroxylation is 2. The number of halogens is 3. The Bertz CT molecular complexity index is 1130. The number of hydrogen-bond acceptors (Lipinski definition) is 6. The van der Waals surface area contributed by atoms with E-state index in [9.17, 15) is 18.3 Å². The molecule has 0 radical (unpaired) electrons. The van der Waals surface area contributed by atoms with Gasteiger partial charge in [-0.3, -0.25) is 0 Å². The minimum absolute atomic E-state index is 0.128. The summed E-state index contributed by atoms with van der Waals surface area (Å²) in [6.07, 6.45) is -1.80. The Labute approximate surface area is 184 Å². The van der Waals surface area contributed by atoms with Crippen LogP contribution in [-0.2, 0) is 0 Å². The molecule has 0 unspecified atom stereocenters. The van der Waals surface area contributed by atoms with Gasteiger partial charge < -0.3 is 15.3 Å². The van der Waals surface area contributed by atoms with Crippen LogP contribution in [0.4, 0.5) is 24.7 Å². The smallest absolute Gasteiger partial charge is 0.266 e. The van der Waals surface area contributed by atoms with Crippen molar-refractivity contribution in [2.45, 2.75) is 52.2 Å². The van der Waals surface area contributed by atoms with E-state index >= 15 is 0 Å². The van der Waals surface area contributed by atoms with Gasteiger partial charge in [0.25, 0.3) is 6.43 Å². The maximum atomic E-state index is 14.7. The highest BCUT2D eigenvalue weighted by Gasteiger charge is 2.23. The minimum atomic E-state index is -2.89. The summed E-state index contributed by atoms with van der Waals surface area (Å²) in [5.41, 5.74) is 2.63. The number of piperidine rings is 1. The molecule has 170 valence electrons. The Morgan fingerprint density at radius 2 is 1.78 bits per heavy atom. The summed E-state index contributed by atoms with van der Waals surface area (Å²) < 4.78 is 40.9. The number of nitrogens with one attached hydrogen (secondary N) is 1. The number of rotatable bonds is 5. The van der Waals surface area contributed by atoms with Gasteiger partial charge in [-0.05, 0) is 39.7 Å². The van der Waals surface area contributed by atoms with Crippen LogP contribution < -0.4 is 10.2 Å². The maximum Gasteiger partial charge on any atom is 0.266 e. The van der Waals surface area contributed by atoms with Crippen molar-refractivity contribution < 1.29 is 18.3 Å². The molecule has 1 atom stereocenters. The zero-order valence-corrected chi connectivity index (χ0v) is 18.2. The van der Waals surface area contributed by atoms with Crippen LogP contribution in [0.3, 0.4) is 0 Å². The number of fused-ring (bicyclic) bond motifs is 1. The zero-order chi connectivity index (χ0) is 23.0. The first kappa shape index (κ1) is 22.3. The van der Waals surface area contributed by atoms with E-state index in [1.54, 1.807) is 6.92 Å². The molecule has 6 nitrogen and oxygen atoms in total. The van der Waals surface area contributed by atoms with E-state index in [2.05, 4.69) is 20.4 Å². The number of aromatic nitrogens is 3. The monoisotopic (exact) mass is 445 g/mol. The number of benzene rings is 1. The second-order valence-electron chi connectivity index (χ2n) is 8.26. The van der Waals surface area contributed by atoms with Gasteiger partial charge in [-0.15, -0.1) is 5.10 Å². The normalized spacial score (nSPS) is 16.1. The van der Waals surface area contributed by atoms with Crippen LogP contribution >= 0.6 is 0 Å². The number of aliphatic hydroxyl groups excluding tert-OH is 1. The Morgan fingerprint density at radius 1 is 1.09 bits per heavy atom. The van der Waals surface area contributed by atoms with E-state index in [0.29, 0.717) is 29.9 Å². The number of aliphatic hydroxyl groups is 1. The molecule has 0 spiro atoms. The molecule has 1 aliphatic heterocycles. The molecule has 4 rings (SSSR count). The average molecular weight is 445 g/mol. The van der Waals surface area contributed by atoms with Gasteiger partial charge in [0.05, 0.1) is 40.3 Å². The molecular formula is C23H26F3N5O. The van der Waals surface area contributed by atoms with Crippen molar-refractivity contribution in [1.29, 1.82) is 0 Å². The van der Waals surface area contributed by atoms with Gasteiger partial charge in [-0.2, -0.15) is 5.10 Å². The first-order chi connectivity index (χ1) is 15.3. The van der Waals surface area contributed by atoms with Crippen molar-refractivity contribution >= 4 is 22.4 Å². The van der Waals surface area contributed by atoms with E-state index in [0.717, 1.165) is 35.9 Å². The Balaban J connectivity index is 1.72. The fourth-order valence-electron chi connectivity index (χ4n) is 4.16. The first-order valence-corrected chi connectivity index (χ1v) is 10.7. The van der Waals surface area contributed by atoms with Crippen molar-refractivity contribution in [3.8, 4) is 0 Å². The van der Waals surface area contributed by atoms with Gasteiger partial charge in [-0.1, -0.05) is 18.2 Å². The number of alkyl halides is 2. The van der Waals surface area contributed by atoms with Crippen molar-refractivity contribution in [2.24, 2.45) is 0 Å². The lowest BCUT2D eigenvalue weighted by Crippen LogP contribution is -2.36. The highest BCUT2D eigenvalue weighted by atomic mass is 19.3. The third kappa shape index (κ3) is 4.21. The molecule has 1 aromatic carbocycles. The minimum Gasteiger partial charge on any atom is -0.393 e. The number of anilines is 2. The van der Waals surface area contributed by atoms with E-state index < -0.39 is 23.8 Å². The highest BCUT2D eigenvalue weighted by molar-refractivity contribution is 5.93. The third-order valence-electron chi connectivity index (χ3n) is 6.00. The molecule has 2 N–H and O–H groups in total. The maximum absolute atomic E-state index is 14.7. The summed E-state index contributed by atoms with van der Waals surface area (Å²) in [5.74, 6) is -0.515. The van der Waals surface area contributed by atoms with Crippen molar-refractivity contribution in [1.82, 2.24) is 15.2 Å². The molecule has 0 saturated carbocycles. The topological polar surface area (TPSA) is 74.2 Å². The summed E-state index contributed by atoms with van der Waals surface area (Å²) in [5, 5.41) is 22.1. The van der Waals surface area contributed by atoms with Crippen LogP contribution in [0.2, 0.25) is 0 Å². The summed E-state index contributed by atoms with van der Waals surface area (Å²) in [4.78, 5) is 6.93. The lowest BCUT2D eigenvalue weighted by Gasteiger charge is -2.32. The Hall–Kier alpha value is -2.94. The van der Waals surface area contributed by atoms with Crippen molar-refractivity contribution in [3.05, 3.63) is 52.6 Å². The molecule has 0 bridgehead atoms. The van der Waals surface area contributed by atoms with Gasteiger partial charge in [0.15, 0.2) is 5.82 Å². The summed E-state index contributed by atoms with van der Waals surface area (Å²) >= 11 is 0. The predicted octanol–water partition coefficient (Wildman–Crippen LogP) is 4.85. The molecule has 1 saturated heterocycles. The second kappa shape index (κ2) is 8.90. The zero-order valence-electron chi connectivity index (χ0n) is 18.2. The van der Waals surface area contributed by atoms with Gasteiger partial charge in [0, 0.05) is 24.0 Å². The van der Waals surface area contributed by atoms with Gasteiger partial charge >= 0.3 is 0 Å². The summed E-state index contributed by atoms with van der Waals surface area (Å²) in [6, 6.07) is 5.35. The number of nitrogens with zero attached hydrogens (tertiary/aromatic N) is 4. The fourth-order valence-corrected chi connectivity index (χ4v) is 4.16. The predicted molar refractivity (Wildman–Crippen MR) is 118 cm³/mol. The summed E-state index contributed by atoms with van der Waals surface area (Å²) in [7, 11) is 0. The Morgan fingerprint density at radius 3 is 2.47 bits per heavy atom. The van der Waals surface area contributed by atoms with E-state index in [4.69, 9.17) is 4.98 Å². The van der Waals surface area contributed by atoms with E-state index in [-0.39, 0.29) is 11.7 Å². The van der Waals surface area contributed by atoms with Crippen molar-refractivity contribution in [3.63, 3.8) is 0 Å². The quantitative estimate of drug-likeness (QED) is 0.585. The molecule has 3 aromatic rings. The summed E-state index contributed by atoms with van der Waals surface area (Å²) in [6.45, 7) is 6.88. The van der Waals surface area contributed by atoms with Crippen molar-refractivity contribution in [2.75, 3.05) is 23.3 Å². The SMILES string of the molecule is Cc1nc2c(C)nnc(N[C@H](C)c3cccc(C(F)F)c3F)c2cc1N1CCC(O)CC1. The standard InChI is InChI=1S/C23H26F3N5O/c1-12(16-5-4-6-17(20(16)24)22(25)26)28-23-18-11-19(31-9-7-15(32)8-10-31)13(2)27-21(18)14(3)29-30-23/h4-6,11-12,15,22,32H,7-10H2,1-3H3,(H,28,30)/t12-/m1/s1. The van der Waals surface area contributed by atoms with Gasteiger partial charge in [0.1, 0.15) is 5.82 Å². The molecule has 1 fully saturated rings. The third-order valence-corrected chi connectivity index (χ3v) is 6.00. The lowest BCUT2D eigenvalue weighted by atomic mass is 10.0. The molecule has 0 aliphatic carbocycles. The molecule has 2 aromatic heterocycles. The number of hydrogen-bond donors (Lipinski definition) is 2. The van der Waals surface area contributed by atoms with Crippen LogP contribution in [0.5, 0.6) is 0 Å². The lowest BCUT2D eigenvalue weighted by molar-refractivity contribution is 0.145. The highest BCUT2D eigenvalue weighted by Crippen LogP contribution is 2.33. The largest absolute Gasteiger partial charge is 0.393 e. The Kier molecular flexibility index (Phi) is 6.19. The van der Waals surface area contributed by atoms with E-state index in [1.807, 2.05) is 19.9 Å². The molecule has 1 aliphatic rings. The first-order valence-electron chi connectivity index (χ1n) is 10.7.